The molecule has 4 nitrogen and oxygen atoms in total. The highest BCUT2D eigenvalue weighted by Crippen LogP contribution is 2.33. The van der Waals surface area contributed by atoms with E-state index in [-0.39, 0.29) is 5.91 Å². The zero-order chi connectivity index (χ0) is 11.0. The van der Waals surface area contributed by atoms with Gasteiger partial charge in [0.15, 0.2) is 0 Å². The van der Waals surface area contributed by atoms with Gasteiger partial charge in [0, 0.05) is 10.0 Å². The number of hydrogen-bond acceptors (Lipinski definition) is 3. The molecule has 1 aromatic carbocycles. The van der Waals surface area contributed by atoms with E-state index in [4.69, 9.17) is 0 Å². The molecule has 1 heterocycles. The molecular formula is C10H8BrNO3. The van der Waals surface area contributed by atoms with E-state index in [0.717, 1.165) is 10.0 Å². The third-order valence-corrected chi connectivity index (χ3v) is 3.01. The van der Waals surface area contributed by atoms with Crippen LogP contribution < -0.4 is 5.32 Å². The molecule has 0 spiro atoms. The lowest BCUT2D eigenvalue weighted by atomic mass is 10.1. The monoisotopic (exact) mass is 269 g/mol. The Bertz CT molecular complexity index is 456. The second-order valence-corrected chi connectivity index (χ2v) is 4.02. The molecule has 1 aliphatic heterocycles. The van der Waals surface area contributed by atoms with Crippen molar-refractivity contribution in [1.29, 1.82) is 0 Å². The maximum atomic E-state index is 11.4. The molecule has 0 bridgehead atoms. The Kier molecular flexibility index (Phi) is 2.48. The minimum atomic E-state index is -0.444. The van der Waals surface area contributed by atoms with Crippen LogP contribution in [0, 0.1) is 0 Å². The van der Waals surface area contributed by atoms with Crippen LogP contribution in [0.1, 0.15) is 15.9 Å². The Labute approximate surface area is 94.7 Å². The Balaban J connectivity index is 2.57. The van der Waals surface area contributed by atoms with Crippen molar-refractivity contribution >= 4 is 33.5 Å². The molecule has 0 unspecified atom stereocenters. The van der Waals surface area contributed by atoms with Gasteiger partial charge in [-0.15, -0.1) is 0 Å². The van der Waals surface area contributed by atoms with E-state index in [1.165, 1.54) is 7.11 Å². The van der Waals surface area contributed by atoms with Gasteiger partial charge in [-0.05, 0) is 12.1 Å². The number of fused-ring (bicyclic) bond motifs is 1. The molecule has 78 valence electrons. The third kappa shape index (κ3) is 1.63. The minimum absolute atomic E-state index is 0.109. The molecule has 5 heteroatoms. The molecule has 0 saturated carbocycles. The quantitative estimate of drug-likeness (QED) is 0.790. The standard InChI is InChI=1S/C10H8BrNO3/c1-15-10(14)5-2-3-7(11)6-4-8(13)12-9(5)6/h2-3H,4H2,1H3,(H,12,13). The number of hydrogen-bond donors (Lipinski definition) is 1. The number of halogens is 1. The maximum Gasteiger partial charge on any atom is 0.339 e. The first-order valence-electron chi connectivity index (χ1n) is 4.33. The highest BCUT2D eigenvalue weighted by atomic mass is 79.9. The first-order valence-corrected chi connectivity index (χ1v) is 5.12. The number of anilines is 1. The number of rotatable bonds is 1. The predicted octanol–water partition coefficient (Wildman–Crippen LogP) is 1.73. The van der Waals surface area contributed by atoms with Crippen molar-refractivity contribution in [2.24, 2.45) is 0 Å². The molecule has 0 atom stereocenters. The SMILES string of the molecule is COC(=O)c1ccc(Br)c2c1NC(=O)C2. The molecular weight excluding hydrogens is 262 g/mol. The molecule has 0 saturated heterocycles. The fraction of sp³-hybridized carbons (Fsp3) is 0.200. The average Bonchev–Trinajstić information content (AvgIpc) is 2.60. The van der Waals surface area contributed by atoms with Gasteiger partial charge in [0.25, 0.3) is 0 Å². The molecule has 1 aromatic rings. The lowest BCUT2D eigenvalue weighted by Crippen LogP contribution is -2.08. The fourth-order valence-corrected chi connectivity index (χ4v) is 2.03. The summed E-state index contributed by atoms with van der Waals surface area (Å²) in [4.78, 5) is 22.6. The van der Waals surface area contributed by atoms with Crippen LogP contribution in [0.3, 0.4) is 0 Å². The number of ether oxygens (including phenoxy) is 1. The van der Waals surface area contributed by atoms with Gasteiger partial charge >= 0.3 is 5.97 Å². The van der Waals surface area contributed by atoms with Gasteiger partial charge in [-0.3, -0.25) is 4.79 Å². The Hall–Kier alpha value is -1.36. The summed E-state index contributed by atoms with van der Waals surface area (Å²) in [5, 5.41) is 2.65. The van der Waals surface area contributed by atoms with Crippen molar-refractivity contribution in [3.63, 3.8) is 0 Å². The zero-order valence-electron chi connectivity index (χ0n) is 7.96. The number of benzene rings is 1. The summed E-state index contributed by atoms with van der Waals surface area (Å²) in [5.74, 6) is -0.553. The fourth-order valence-electron chi connectivity index (χ4n) is 1.56. The van der Waals surface area contributed by atoms with Crippen LogP contribution in [0.2, 0.25) is 0 Å². The smallest absolute Gasteiger partial charge is 0.339 e. The van der Waals surface area contributed by atoms with E-state index >= 15 is 0 Å². The summed E-state index contributed by atoms with van der Waals surface area (Å²) in [6, 6.07) is 3.37. The van der Waals surface area contributed by atoms with E-state index in [1.807, 2.05) is 0 Å². The number of amides is 1. The first kappa shape index (κ1) is 10.2. The van der Waals surface area contributed by atoms with Crippen molar-refractivity contribution in [2.75, 3.05) is 12.4 Å². The third-order valence-electron chi connectivity index (χ3n) is 2.26. The molecule has 2 rings (SSSR count). The van der Waals surface area contributed by atoms with E-state index in [2.05, 4.69) is 26.0 Å². The number of carbonyl (C=O) groups is 2. The van der Waals surface area contributed by atoms with Crippen LogP contribution in [-0.4, -0.2) is 19.0 Å². The zero-order valence-corrected chi connectivity index (χ0v) is 9.55. The summed E-state index contributed by atoms with van der Waals surface area (Å²) in [6.07, 6.45) is 0.292. The highest BCUT2D eigenvalue weighted by molar-refractivity contribution is 9.10. The second kappa shape index (κ2) is 3.66. The molecule has 1 aliphatic rings. The Morgan fingerprint density at radius 2 is 2.27 bits per heavy atom. The largest absolute Gasteiger partial charge is 0.465 e. The molecule has 0 aromatic heterocycles. The number of nitrogens with one attached hydrogen (secondary N) is 1. The van der Waals surface area contributed by atoms with Gasteiger partial charge < -0.3 is 10.1 Å². The summed E-state index contributed by atoms with van der Waals surface area (Å²) < 4.78 is 5.45. The summed E-state index contributed by atoms with van der Waals surface area (Å²) in [6.45, 7) is 0. The van der Waals surface area contributed by atoms with Crippen LogP contribution in [0.5, 0.6) is 0 Å². The van der Waals surface area contributed by atoms with Crippen LogP contribution in [0.25, 0.3) is 0 Å². The van der Waals surface area contributed by atoms with Crippen LogP contribution in [0.4, 0.5) is 5.69 Å². The molecule has 15 heavy (non-hydrogen) atoms. The lowest BCUT2D eigenvalue weighted by molar-refractivity contribution is -0.115. The van der Waals surface area contributed by atoms with E-state index < -0.39 is 5.97 Å². The normalized spacial score (nSPS) is 13.3. The molecule has 0 fully saturated rings. The van der Waals surface area contributed by atoms with E-state index in [0.29, 0.717) is 17.7 Å². The maximum absolute atomic E-state index is 11.4. The van der Waals surface area contributed by atoms with Gasteiger partial charge in [0.05, 0.1) is 24.8 Å². The van der Waals surface area contributed by atoms with Gasteiger partial charge in [0.2, 0.25) is 5.91 Å². The van der Waals surface area contributed by atoms with E-state index in [1.54, 1.807) is 12.1 Å². The molecule has 0 aliphatic carbocycles. The molecule has 1 amide bonds. The Morgan fingerprint density at radius 1 is 1.53 bits per heavy atom. The summed E-state index contributed by atoms with van der Waals surface area (Å²) >= 11 is 3.34. The Morgan fingerprint density at radius 3 is 2.93 bits per heavy atom. The van der Waals surface area contributed by atoms with Crippen molar-refractivity contribution in [3.05, 3.63) is 27.7 Å². The topological polar surface area (TPSA) is 55.4 Å². The first-order chi connectivity index (χ1) is 7.13. The number of methoxy groups -OCH3 is 1. The predicted molar refractivity (Wildman–Crippen MR) is 57.8 cm³/mol. The second-order valence-electron chi connectivity index (χ2n) is 3.17. The van der Waals surface area contributed by atoms with Gasteiger partial charge in [-0.25, -0.2) is 4.79 Å². The number of carbonyl (C=O) groups excluding carboxylic acids is 2. The van der Waals surface area contributed by atoms with Crippen molar-refractivity contribution in [2.45, 2.75) is 6.42 Å². The van der Waals surface area contributed by atoms with Gasteiger partial charge in [-0.1, -0.05) is 15.9 Å². The molecule has 0 radical (unpaired) electrons. The summed E-state index contributed by atoms with van der Waals surface area (Å²) in [5.41, 5.74) is 1.76. The highest BCUT2D eigenvalue weighted by Gasteiger charge is 2.25. The van der Waals surface area contributed by atoms with Crippen molar-refractivity contribution < 1.29 is 14.3 Å². The van der Waals surface area contributed by atoms with Crippen LogP contribution in [-0.2, 0) is 16.0 Å². The minimum Gasteiger partial charge on any atom is -0.465 e. The van der Waals surface area contributed by atoms with Gasteiger partial charge in [-0.2, -0.15) is 0 Å². The van der Waals surface area contributed by atoms with Crippen molar-refractivity contribution in [1.82, 2.24) is 0 Å². The van der Waals surface area contributed by atoms with E-state index in [9.17, 15) is 9.59 Å². The average molecular weight is 270 g/mol. The molecule has 1 N–H and O–H groups in total. The van der Waals surface area contributed by atoms with Crippen LogP contribution >= 0.6 is 15.9 Å². The van der Waals surface area contributed by atoms with Gasteiger partial charge in [0.1, 0.15) is 0 Å². The van der Waals surface area contributed by atoms with Crippen LogP contribution in [0.15, 0.2) is 16.6 Å². The summed E-state index contributed by atoms with van der Waals surface area (Å²) in [7, 11) is 1.31. The van der Waals surface area contributed by atoms with Crippen molar-refractivity contribution in [3.8, 4) is 0 Å². The number of esters is 1. The lowest BCUT2D eigenvalue weighted by Gasteiger charge is -2.07.